The third-order valence-corrected chi connectivity index (χ3v) is 4.38. The summed E-state index contributed by atoms with van der Waals surface area (Å²) in [6.07, 6.45) is 2.81. The van der Waals surface area contributed by atoms with Crippen LogP contribution in [0, 0.1) is 23.2 Å². The zero-order valence-corrected chi connectivity index (χ0v) is 13.9. The predicted octanol–water partition coefficient (Wildman–Crippen LogP) is 1.75. The van der Waals surface area contributed by atoms with E-state index < -0.39 is 0 Å². The predicted molar refractivity (Wildman–Crippen MR) is 97.4 cm³/mol. The Kier molecular flexibility index (Phi) is 5.00. The number of rotatable bonds is 2. The molecule has 1 heterocycles. The van der Waals surface area contributed by atoms with E-state index in [1.54, 1.807) is 0 Å². The highest BCUT2D eigenvalue weighted by Gasteiger charge is 2.24. The van der Waals surface area contributed by atoms with Crippen LogP contribution in [0.3, 0.4) is 0 Å². The van der Waals surface area contributed by atoms with E-state index in [4.69, 9.17) is 16.6 Å². The van der Waals surface area contributed by atoms with Crippen LogP contribution in [0.25, 0.3) is 11.1 Å². The van der Waals surface area contributed by atoms with Crippen molar-refractivity contribution in [2.75, 3.05) is 12.3 Å². The fourth-order valence-corrected chi connectivity index (χ4v) is 3.18. The van der Waals surface area contributed by atoms with Crippen LogP contribution >= 0.6 is 0 Å². The van der Waals surface area contributed by atoms with E-state index in [0.29, 0.717) is 18.4 Å². The Balaban J connectivity index is 2.09. The van der Waals surface area contributed by atoms with Gasteiger partial charge in [0.25, 0.3) is 0 Å². The molecule has 2 aromatic rings. The summed E-state index contributed by atoms with van der Waals surface area (Å²) < 4.78 is 0. The first-order valence-corrected chi connectivity index (χ1v) is 8.31. The first-order chi connectivity index (χ1) is 12.1. The molecule has 0 fully saturated rings. The highest BCUT2D eigenvalue weighted by atomic mass is 16.2. The Morgan fingerprint density at radius 2 is 2.04 bits per heavy atom. The molecule has 0 unspecified atom stereocenters. The second kappa shape index (κ2) is 7.36. The van der Waals surface area contributed by atoms with Gasteiger partial charge in [-0.1, -0.05) is 24.0 Å². The van der Waals surface area contributed by atoms with Gasteiger partial charge >= 0.3 is 0 Å². The van der Waals surface area contributed by atoms with Crippen LogP contribution in [0.4, 0.5) is 5.82 Å². The molecule has 0 saturated heterocycles. The van der Waals surface area contributed by atoms with Crippen LogP contribution in [0.1, 0.15) is 35.2 Å². The van der Waals surface area contributed by atoms with Crippen LogP contribution in [-0.4, -0.2) is 22.7 Å². The van der Waals surface area contributed by atoms with Crippen LogP contribution in [0.5, 0.6) is 0 Å². The second-order valence-corrected chi connectivity index (χ2v) is 6.14. The number of nitrogen functional groups attached to an aromatic ring is 1. The molecule has 0 saturated carbocycles. The highest BCUT2D eigenvalue weighted by molar-refractivity contribution is 5.79. The quantitative estimate of drug-likeness (QED) is 0.726. The Morgan fingerprint density at radius 3 is 2.72 bits per heavy atom. The van der Waals surface area contributed by atoms with Gasteiger partial charge in [0.05, 0.1) is 6.61 Å². The number of pyridine rings is 1. The Labute approximate surface area is 147 Å². The molecule has 0 aliphatic heterocycles. The summed E-state index contributed by atoms with van der Waals surface area (Å²) in [6.45, 7) is 0.0549. The molecule has 5 nitrogen and oxygen atoms in total. The molecule has 5 N–H and O–H groups in total. The summed E-state index contributed by atoms with van der Waals surface area (Å²) in [6, 6.07) is 9.98. The number of nitrogens with zero attached hydrogens (tertiary/aromatic N) is 2. The van der Waals surface area contributed by atoms with Crippen molar-refractivity contribution in [2.24, 2.45) is 5.73 Å². The first-order valence-electron chi connectivity index (χ1n) is 8.31. The fourth-order valence-electron chi connectivity index (χ4n) is 3.18. The van der Waals surface area contributed by atoms with E-state index in [2.05, 4.69) is 22.9 Å². The second-order valence-electron chi connectivity index (χ2n) is 6.14. The molecular formula is C20H20N4O. The molecule has 25 heavy (non-hydrogen) atoms. The number of aliphatic hydroxyl groups excluding tert-OH is 1. The maximum absolute atomic E-state index is 9.58. The molecule has 1 atom stereocenters. The van der Waals surface area contributed by atoms with Gasteiger partial charge in [0, 0.05) is 29.3 Å². The molecule has 1 aromatic heterocycles. The van der Waals surface area contributed by atoms with Crippen molar-refractivity contribution in [3.8, 4) is 29.0 Å². The average molecular weight is 332 g/mol. The van der Waals surface area contributed by atoms with Crippen LogP contribution < -0.4 is 11.5 Å². The lowest BCUT2D eigenvalue weighted by Crippen LogP contribution is -2.29. The number of aliphatic hydroxyl groups is 1. The van der Waals surface area contributed by atoms with E-state index in [0.717, 1.165) is 40.8 Å². The average Bonchev–Trinajstić information content (AvgIpc) is 2.62. The number of aromatic nitrogens is 1. The molecule has 0 amide bonds. The minimum absolute atomic E-state index is 0.0549. The highest BCUT2D eigenvalue weighted by Crippen LogP contribution is 2.35. The van der Waals surface area contributed by atoms with Gasteiger partial charge in [-0.3, -0.25) is 0 Å². The Morgan fingerprint density at radius 1 is 1.28 bits per heavy atom. The summed E-state index contributed by atoms with van der Waals surface area (Å²) >= 11 is 0. The van der Waals surface area contributed by atoms with E-state index in [9.17, 15) is 5.26 Å². The van der Waals surface area contributed by atoms with Gasteiger partial charge in [0.1, 0.15) is 17.5 Å². The maximum Gasteiger partial charge on any atom is 0.142 e. The van der Waals surface area contributed by atoms with Crippen LogP contribution in [0.2, 0.25) is 0 Å². The van der Waals surface area contributed by atoms with Gasteiger partial charge < -0.3 is 16.6 Å². The largest absolute Gasteiger partial charge is 0.395 e. The van der Waals surface area contributed by atoms with E-state index >= 15 is 0 Å². The number of aryl methyl sites for hydroxylation is 1. The zero-order chi connectivity index (χ0) is 17.8. The van der Waals surface area contributed by atoms with Crippen molar-refractivity contribution in [3.63, 3.8) is 0 Å². The lowest BCUT2D eigenvalue weighted by Gasteiger charge is -2.24. The molecule has 126 valence electrons. The number of fused-ring (bicyclic) bond motifs is 1. The lowest BCUT2D eigenvalue weighted by atomic mass is 9.84. The molecule has 1 aromatic carbocycles. The van der Waals surface area contributed by atoms with Crippen molar-refractivity contribution in [2.45, 2.75) is 31.7 Å². The van der Waals surface area contributed by atoms with Crippen molar-refractivity contribution in [1.29, 1.82) is 5.26 Å². The van der Waals surface area contributed by atoms with Gasteiger partial charge in [0.2, 0.25) is 0 Å². The zero-order valence-electron chi connectivity index (χ0n) is 13.9. The molecule has 5 heteroatoms. The SMILES string of the molecule is N#Cc1c(N)nc2c(c1-c1ccc(C#CCCO)cc1)C[C@@H](N)CC2. The summed E-state index contributed by atoms with van der Waals surface area (Å²) in [4.78, 5) is 4.43. The van der Waals surface area contributed by atoms with Gasteiger partial charge in [0.15, 0.2) is 0 Å². The number of hydrogen-bond donors (Lipinski definition) is 3. The topological polar surface area (TPSA) is 109 Å². The normalized spacial score (nSPS) is 15.6. The number of benzene rings is 1. The summed E-state index contributed by atoms with van der Waals surface area (Å²) in [5, 5.41) is 18.4. The van der Waals surface area contributed by atoms with Gasteiger partial charge in [-0.15, -0.1) is 0 Å². The number of nitrogens with two attached hydrogens (primary N) is 2. The van der Waals surface area contributed by atoms with Gasteiger partial charge in [-0.05, 0) is 42.5 Å². The van der Waals surface area contributed by atoms with E-state index in [1.807, 2.05) is 24.3 Å². The fraction of sp³-hybridized carbons (Fsp3) is 0.300. The molecule has 0 spiro atoms. The smallest absolute Gasteiger partial charge is 0.142 e. The number of anilines is 1. The maximum atomic E-state index is 9.58. The summed E-state index contributed by atoms with van der Waals surface area (Å²) in [5.74, 6) is 6.18. The third-order valence-electron chi connectivity index (χ3n) is 4.38. The van der Waals surface area contributed by atoms with Crippen molar-refractivity contribution in [3.05, 3.63) is 46.6 Å². The lowest BCUT2D eigenvalue weighted by molar-refractivity contribution is 0.305. The standard InChI is InChI=1S/C20H20N4O/c21-12-17-19(14-6-4-13(5-7-14)3-1-2-10-25)16-11-15(22)8-9-18(16)24-20(17)23/h4-7,15,25H,2,8-11,22H2,(H2,23,24)/t15-/m0/s1. The summed E-state index contributed by atoms with van der Waals surface area (Å²) in [5.41, 5.74) is 17.2. The minimum Gasteiger partial charge on any atom is -0.395 e. The Bertz CT molecular complexity index is 885. The molecule has 0 bridgehead atoms. The van der Waals surface area contributed by atoms with Crippen LogP contribution in [-0.2, 0) is 12.8 Å². The third kappa shape index (κ3) is 3.49. The minimum atomic E-state index is 0.0549. The molecule has 3 rings (SSSR count). The number of nitriles is 1. The monoisotopic (exact) mass is 332 g/mol. The van der Waals surface area contributed by atoms with E-state index in [-0.39, 0.29) is 18.5 Å². The molecular weight excluding hydrogens is 312 g/mol. The molecule has 0 radical (unpaired) electrons. The number of hydrogen-bond acceptors (Lipinski definition) is 5. The molecule has 1 aliphatic rings. The summed E-state index contributed by atoms with van der Waals surface area (Å²) in [7, 11) is 0. The van der Waals surface area contributed by atoms with Crippen molar-refractivity contribution in [1.82, 2.24) is 4.98 Å². The van der Waals surface area contributed by atoms with Crippen molar-refractivity contribution >= 4 is 5.82 Å². The van der Waals surface area contributed by atoms with Gasteiger partial charge in [-0.2, -0.15) is 5.26 Å². The van der Waals surface area contributed by atoms with E-state index in [1.165, 1.54) is 0 Å². The first kappa shape index (κ1) is 17.0. The van der Waals surface area contributed by atoms with Crippen molar-refractivity contribution < 1.29 is 5.11 Å². The van der Waals surface area contributed by atoms with Crippen LogP contribution in [0.15, 0.2) is 24.3 Å². The molecule has 1 aliphatic carbocycles. The Hall–Kier alpha value is -2.86. The van der Waals surface area contributed by atoms with Gasteiger partial charge in [-0.25, -0.2) is 4.98 Å².